The summed E-state index contributed by atoms with van der Waals surface area (Å²) in [5.74, 6) is 0.952. The van der Waals surface area contributed by atoms with Crippen LogP contribution < -0.4 is 20.1 Å². The standard InChI is InChI=1S/C21H24BrClN2O3S/c1-3-4-5-6-11-28-18-9-7-14(12-16(18)22)20(26)25-21(29)24-15-8-10-19(27-2)17(23)13-15/h7-10,12-13H,3-6,11H2,1-2H3,(H2,24,25,26,29). The van der Waals surface area contributed by atoms with Crippen LogP contribution in [0.5, 0.6) is 11.5 Å². The van der Waals surface area contributed by atoms with E-state index in [2.05, 4.69) is 33.5 Å². The third kappa shape index (κ3) is 7.49. The van der Waals surface area contributed by atoms with Gasteiger partial charge in [-0.1, -0.05) is 37.8 Å². The number of halogens is 2. The Morgan fingerprint density at radius 3 is 2.55 bits per heavy atom. The zero-order chi connectivity index (χ0) is 21.2. The molecule has 8 heteroatoms. The number of methoxy groups -OCH3 is 1. The van der Waals surface area contributed by atoms with Crippen molar-refractivity contribution in [1.29, 1.82) is 0 Å². The lowest BCUT2D eigenvalue weighted by Crippen LogP contribution is -2.34. The summed E-state index contributed by atoms with van der Waals surface area (Å²) in [6.07, 6.45) is 4.56. The number of nitrogens with one attached hydrogen (secondary N) is 2. The van der Waals surface area contributed by atoms with Crippen LogP contribution in [0, 0.1) is 0 Å². The lowest BCUT2D eigenvalue weighted by Gasteiger charge is -2.12. The van der Waals surface area contributed by atoms with Crippen molar-refractivity contribution in [3.63, 3.8) is 0 Å². The number of hydrogen-bond donors (Lipinski definition) is 2. The number of ether oxygens (including phenoxy) is 2. The summed E-state index contributed by atoms with van der Waals surface area (Å²) in [5, 5.41) is 6.19. The van der Waals surface area contributed by atoms with Crippen LogP contribution in [0.15, 0.2) is 40.9 Å². The topological polar surface area (TPSA) is 59.6 Å². The molecule has 0 heterocycles. The van der Waals surface area contributed by atoms with Gasteiger partial charge in [0.1, 0.15) is 11.5 Å². The molecule has 0 aliphatic heterocycles. The first-order valence-corrected chi connectivity index (χ1v) is 10.9. The molecule has 0 aliphatic carbocycles. The summed E-state index contributed by atoms with van der Waals surface area (Å²) in [6, 6.07) is 10.3. The highest BCUT2D eigenvalue weighted by Crippen LogP contribution is 2.28. The van der Waals surface area contributed by atoms with E-state index in [-0.39, 0.29) is 11.0 Å². The smallest absolute Gasteiger partial charge is 0.257 e. The Bertz CT molecular complexity index is 864. The van der Waals surface area contributed by atoms with Crippen molar-refractivity contribution < 1.29 is 14.3 Å². The summed E-state index contributed by atoms with van der Waals surface area (Å²) in [5.41, 5.74) is 1.11. The Hall–Kier alpha value is -1.83. The summed E-state index contributed by atoms with van der Waals surface area (Å²) in [4.78, 5) is 12.5. The van der Waals surface area contributed by atoms with Crippen molar-refractivity contribution in [2.75, 3.05) is 19.0 Å². The minimum absolute atomic E-state index is 0.170. The number of amides is 1. The molecule has 0 saturated heterocycles. The molecule has 0 unspecified atom stereocenters. The number of hydrogen-bond acceptors (Lipinski definition) is 4. The van der Waals surface area contributed by atoms with Gasteiger partial charge < -0.3 is 14.8 Å². The highest BCUT2D eigenvalue weighted by Gasteiger charge is 2.12. The van der Waals surface area contributed by atoms with Gasteiger partial charge in [0.05, 0.1) is 23.2 Å². The normalized spacial score (nSPS) is 10.3. The van der Waals surface area contributed by atoms with Gasteiger partial charge in [-0.25, -0.2) is 0 Å². The number of rotatable bonds is 9. The predicted molar refractivity (Wildman–Crippen MR) is 125 cm³/mol. The number of thiocarbonyl (C=S) groups is 1. The fourth-order valence-electron chi connectivity index (χ4n) is 2.55. The lowest BCUT2D eigenvalue weighted by atomic mass is 10.2. The zero-order valence-electron chi connectivity index (χ0n) is 16.4. The minimum Gasteiger partial charge on any atom is -0.495 e. The molecule has 0 bridgehead atoms. The van der Waals surface area contributed by atoms with Crippen LogP contribution in [-0.4, -0.2) is 24.7 Å². The summed E-state index contributed by atoms with van der Waals surface area (Å²) in [6.45, 7) is 2.83. The Morgan fingerprint density at radius 1 is 1.14 bits per heavy atom. The Kier molecular flexibility index (Phi) is 9.70. The van der Waals surface area contributed by atoms with Gasteiger partial charge in [0.15, 0.2) is 5.11 Å². The molecule has 0 spiro atoms. The van der Waals surface area contributed by atoms with E-state index in [9.17, 15) is 4.79 Å². The second-order valence-corrected chi connectivity index (χ2v) is 7.98. The SMILES string of the molecule is CCCCCCOc1ccc(C(=O)NC(=S)Nc2ccc(OC)c(Cl)c2)cc1Br. The third-order valence-corrected chi connectivity index (χ3v) is 5.21. The van der Waals surface area contributed by atoms with Crippen LogP contribution in [0.2, 0.25) is 5.02 Å². The monoisotopic (exact) mass is 498 g/mol. The molecule has 0 aliphatic rings. The van der Waals surface area contributed by atoms with Crippen molar-refractivity contribution in [3.05, 3.63) is 51.5 Å². The molecule has 2 aromatic rings. The zero-order valence-corrected chi connectivity index (χ0v) is 19.5. The van der Waals surface area contributed by atoms with Gasteiger partial charge in [0, 0.05) is 11.3 Å². The van der Waals surface area contributed by atoms with Crippen molar-refractivity contribution in [2.45, 2.75) is 32.6 Å². The van der Waals surface area contributed by atoms with Gasteiger partial charge in [0.25, 0.3) is 5.91 Å². The van der Waals surface area contributed by atoms with Gasteiger partial charge in [-0.05, 0) is 71.0 Å². The van der Waals surface area contributed by atoms with E-state index >= 15 is 0 Å². The molecule has 0 saturated carbocycles. The summed E-state index contributed by atoms with van der Waals surface area (Å²) >= 11 is 14.8. The van der Waals surface area contributed by atoms with Gasteiger partial charge in [0.2, 0.25) is 0 Å². The molecule has 156 valence electrons. The van der Waals surface area contributed by atoms with E-state index in [1.54, 1.807) is 43.5 Å². The summed E-state index contributed by atoms with van der Waals surface area (Å²) in [7, 11) is 1.54. The molecule has 29 heavy (non-hydrogen) atoms. The molecule has 0 fully saturated rings. The van der Waals surface area contributed by atoms with Gasteiger partial charge in [-0.3, -0.25) is 10.1 Å². The molecule has 2 N–H and O–H groups in total. The Labute approximate surface area is 190 Å². The molecule has 0 atom stereocenters. The maximum Gasteiger partial charge on any atom is 0.257 e. The predicted octanol–water partition coefficient (Wildman–Crippen LogP) is 6.20. The van der Waals surface area contributed by atoms with Crippen molar-refractivity contribution in [1.82, 2.24) is 5.32 Å². The minimum atomic E-state index is -0.322. The highest BCUT2D eigenvalue weighted by atomic mass is 79.9. The number of benzene rings is 2. The fraction of sp³-hybridized carbons (Fsp3) is 0.333. The van der Waals surface area contributed by atoms with Crippen LogP contribution in [0.1, 0.15) is 43.0 Å². The number of carbonyl (C=O) groups is 1. The molecule has 5 nitrogen and oxygen atoms in total. The van der Waals surface area contributed by atoms with Crippen LogP contribution in [0.4, 0.5) is 5.69 Å². The molecule has 0 aromatic heterocycles. The van der Waals surface area contributed by atoms with Crippen molar-refractivity contribution in [3.8, 4) is 11.5 Å². The fourth-order valence-corrected chi connectivity index (χ4v) is 3.51. The first-order chi connectivity index (χ1) is 13.9. The van der Waals surface area contributed by atoms with Crippen molar-refractivity contribution >= 4 is 56.5 Å². The third-order valence-electron chi connectivity index (χ3n) is 4.09. The second kappa shape index (κ2) is 12.0. The molecular weight excluding hydrogens is 476 g/mol. The van der Waals surface area contributed by atoms with Crippen LogP contribution >= 0.6 is 39.7 Å². The van der Waals surface area contributed by atoms with Crippen LogP contribution in [0.25, 0.3) is 0 Å². The van der Waals surface area contributed by atoms with E-state index in [0.29, 0.717) is 34.4 Å². The molecule has 1 amide bonds. The van der Waals surface area contributed by atoms with Crippen LogP contribution in [0.3, 0.4) is 0 Å². The van der Waals surface area contributed by atoms with Gasteiger partial charge in [-0.15, -0.1) is 0 Å². The lowest BCUT2D eigenvalue weighted by molar-refractivity contribution is 0.0977. The number of unbranched alkanes of at least 4 members (excludes halogenated alkanes) is 3. The van der Waals surface area contributed by atoms with Gasteiger partial charge >= 0.3 is 0 Å². The van der Waals surface area contributed by atoms with E-state index in [1.165, 1.54) is 12.8 Å². The van der Waals surface area contributed by atoms with E-state index in [1.807, 2.05) is 0 Å². The molecular formula is C21H24BrClN2O3S. The molecule has 2 rings (SSSR count). The average Bonchev–Trinajstić information content (AvgIpc) is 2.68. The number of anilines is 1. The highest BCUT2D eigenvalue weighted by molar-refractivity contribution is 9.10. The average molecular weight is 500 g/mol. The van der Waals surface area contributed by atoms with Crippen molar-refractivity contribution in [2.24, 2.45) is 0 Å². The second-order valence-electron chi connectivity index (χ2n) is 6.31. The molecule has 2 aromatic carbocycles. The van der Waals surface area contributed by atoms with E-state index in [4.69, 9.17) is 33.3 Å². The quantitative estimate of drug-likeness (QED) is 0.318. The maximum atomic E-state index is 12.5. The molecule has 0 radical (unpaired) electrons. The maximum absolute atomic E-state index is 12.5. The van der Waals surface area contributed by atoms with Gasteiger partial charge in [-0.2, -0.15) is 0 Å². The van der Waals surface area contributed by atoms with E-state index < -0.39 is 0 Å². The number of carbonyl (C=O) groups excluding carboxylic acids is 1. The summed E-state index contributed by atoms with van der Waals surface area (Å²) < 4.78 is 11.6. The van der Waals surface area contributed by atoms with E-state index in [0.717, 1.165) is 17.3 Å². The Morgan fingerprint density at radius 2 is 1.90 bits per heavy atom. The Balaban J connectivity index is 1.90. The largest absolute Gasteiger partial charge is 0.495 e. The van der Waals surface area contributed by atoms with Crippen LogP contribution in [-0.2, 0) is 0 Å². The first kappa shape index (κ1) is 23.4. The first-order valence-electron chi connectivity index (χ1n) is 9.32.